The monoisotopic (exact) mass is 325 g/mol. The van der Waals surface area contributed by atoms with E-state index in [0.29, 0.717) is 0 Å². The normalized spacial score (nSPS) is 11.6. The molecule has 1 aromatic carbocycles. The summed E-state index contributed by atoms with van der Waals surface area (Å²) in [5.74, 6) is -0.979. The van der Waals surface area contributed by atoms with Crippen LogP contribution in [-0.2, 0) is 6.18 Å². The van der Waals surface area contributed by atoms with Crippen LogP contribution in [0.3, 0.4) is 0 Å². The summed E-state index contributed by atoms with van der Waals surface area (Å²) in [5, 5.41) is 4.40. The van der Waals surface area contributed by atoms with Crippen LogP contribution < -0.4 is 16.6 Å². The van der Waals surface area contributed by atoms with E-state index in [0.717, 1.165) is 23.2 Å². The van der Waals surface area contributed by atoms with Gasteiger partial charge in [-0.2, -0.15) is 13.2 Å². The summed E-state index contributed by atoms with van der Waals surface area (Å²) in [7, 11) is 2.86. The molecule has 0 aliphatic rings. The minimum Gasteiger partial charge on any atom is -0.367 e. The van der Waals surface area contributed by atoms with Gasteiger partial charge in [0, 0.05) is 19.7 Å². The van der Waals surface area contributed by atoms with Crippen molar-refractivity contribution in [3.63, 3.8) is 0 Å². The van der Waals surface area contributed by atoms with E-state index in [4.69, 9.17) is 5.73 Å². The number of carbonyl (C=O) groups excluding carboxylic acids is 1. The maximum Gasteiger partial charge on any atom is 0.416 e. The van der Waals surface area contributed by atoms with E-state index in [2.05, 4.69) is 16.0 Å². The summed E-state index contributed by atoms with van der Waals surface area (Å²) in [6.45, 7) is 0. The van der Waals surface area contributed by atoms with E-state index in [1.807, 2.05) is 0 Å². The summed E-state index contributed by atoms with van der Waals surface area (Å²) in [6.07, 6.45) is -4.52. The van der Waals surface area contributed by atoms with Crippen molar-refractivity contribution in [2.24, 2.45) is 10.8 Å². The molecule has 1 amide bonds. The molecule has 0 unspecified atom stereocenters. The lowest BCUT2D eigenvalue weighted by atomic mass is 10.1. The zero-order valence-electron chi connectivity index (χ0n) is 11.2. The molecule has 0 spiro atoms. The lowest BCUT2D eigenvalue weighted by Crippen LogP contribution is -2.49. The van der Waals surface area contributed by atoms with Gasteiger partial charge in [-0.15, -0.1) is 17.5 Å². The highest BCUT2D eigenvalue weighted by atomic mass is 35.5. The minimum absolute atomic E-state index is 0. The smallest absolute Gasteiger partial charge is 0.367 e. The molecule has 1 rings (SSSR count). The number of hydrazine groups is 1. The Bertz CT molecular complexity index is 521. The molecular formula is C11H15ClF3N5O. The Kier molecular flexibility index (Phi) is 6.96. The van der Waals surface area contributed by atoms with Gasteiger partial charge in [-0.25, -0.2) is 10.4 Å². The van der Waals surface area contributed by atoms with Gasteiger partial charge in [-0.1, -0.05) is 6.07 Å². The number of hydrogen-bond donors (Lipinski definition) is 3. The number of amides is 1. The lowest BCUT2D eigenvalue weighted by Gasteiger charge is -2.20. The molecule has 0 atom stereocenters. The van der Waals surface area contributed by atoms with E-state index in [1.54, 1.807) is 0 Å². The second-order valence-corrected chi connectivity index (χ2v) is 3.64. The van der Waals surface area contributed by atoms with Crippen LogP contribution in [0.2, 0.25) is 0 Å². The van der Waals surface area contributed by atoms with Crippen molar-refractivity contribution in [1.82, 2.24) is 15.9 Å². The van der Waals surface area contributed by atoms with Gasteiger partial charge in [0.15, 0.2) is 0 Å². The van der Waals surface area contributed by atoms with Gasteiger partial charge in [0.25, 0.3) is 5.91 Å². The third-order valence-electron chi connectivity index (χ3n) is 2.32. The molecular weight excluding hydrogens is 311 g/mol. The van der Waals surface area contributed by atoms with E-state index in [-0.39, 0.29) is 23.9 Å². The number of nitrogens with zero attached hydrogens (tertiary/aromatic N) is 2. The summed E-state index contributed by atoms with van der Waals surface area (Å²) in [4.78, 5) is 12.1. The van der Waals surface area contributed by atoms with E-state index in [1.165, 1.54) is 20.2 Å². The number of rotatable bonds is 3. The van der Waals surface area contributed by atoms with Crippen molar-refractivity contribution in [2.75, 3.05) is 14.1 Å². The van der Waals surface area contributed by atoms with Crippen molar-refractivity contribution in [2.45, 2.75) is 6.18 Å². The first kappa shape index (κ1) is 19.0. The standard InChI is InChI=1S/C11H14F3N5O.ClH/c1-16-18-10(15)19(17-2)9(20)7-4-3-5-8(6-7)11(12,13)14;/h3-6,16-17H,1-2H3,(H2,15,18);1H. The van der Waals surface area contributed by atoms with Gasteiger partial charge < -0.3 is 11.2 Å². The molecule has 0 saturated heterocycles. The Hall–Kier alpha value is -2.00. The van der Waals surface area contributed by atoms with Crippen LogP contribution in [0.4, 0.5) is 13.2 Å². The SMILES string of the molecule is CNN=C(N)N(NC)C(=O)c1cccc(C(F)(F)F)c1.Cl. The number of hydrazone groups is 1. The molecule has 118 valence electrons. The number of nitrogens with one attached hydrogen (secondary N) is 2. The Labute approximate surface area is 125 Å². The Morgan fingerprint density at radius 3 is 2.43 bits per heavy atom. The van der Waals surface area contributed by atoms with Crippen molar-refractivity contribution in [3.8, 4) is 0 Å². The van der Waals surface area contributed by atoms with Crippen LogP contribution in [0.5, 0.6) is 0 Å². The number of guanidine groups is 1. The average molecular weight is 326 g/mol. The topological polar surface area (TPSA) is 82.8 Å². The van der Waals surface area contributed by atoms with Gasteiger partial charge in [0.05, 0.1) is 5.56 Å². The molecule has 10 heteroatoms. The maximum absolute atomic E-state index is 12.6. The average Bonchev–Trinajstić information content (AvgIpc) is 2.39. The quantitative estimate of drug-likeness (QED) is 0.442. The van der Waals surface area contributed by atoms with Crippen molar-refractivity contribution in [3.05, 3.63) is 35.4 Å². The Morgan fingerprint density at radius 2 is 1.95 bits per heavy atom. The second-order valence-electron chi connectivity index (χ2n) is 3.64. The largest absolute Gasteiger partial charge is 0.416 e. The van der Waals surface area contributed by atoms with Gasteiger partial charge in [0.1, 0.15) is 0 Å². The summed E-state index contributed by atoms with van der Waals surface area (Å²) >= 11 is 0. The molecule has 0 fully saturated rings. The van der Waals surface area contributed by atoms with Gasteiger partial charge in [-0.3, -0.25) is 4.79 Å². The van der Waals surface area contributed by atoms with Crippen LogP contribution in [0.1, 0.15) is 15.9 Å². The number of hydrogen-bond acceptors (Lipinski definition) is 4. The highest BCUT2D eigenvalue weighted by Gasteiger charge is 2.31. The Morgan fingerprint density at radius 1 is 1.33 bits per heavy atom. The Balaban J connectivity index is 0.00000400. The van der Waals surface area contributed by atoms with Gasteiger partial charge >= 0.3 is 6.18 Å². The lowest BCUT2D eigenvalue weighted by molar-refractivity contribution is -0.137. The second kappa shape index (κ2) is 7.70. The molecule has 0 saturated carbocycles. The zero-order valence-corrected chi connectivity index (χ0v) is 12.0. The number of nitrogens with two attached hydrogens (primary N) is 1. The third kappa shape index (κ3) is 4.80. The van der Waals surface area contributed by atoms with E-state index < -0.39 is 17.6 Å². The fraction of sp³-hybridized carbons (Fsp3) is 0.273. The molecule has 21 heavy (non-hydrogen) atoms. The van der Waals surface area contributed by atoms with Crippen LogP contribution in [0, 0.1) is 0 Å². The van der Waals surface area contributed by atoms with Crippen LogP contribution in [0.15, 0.2) is 29.4 Å². The molecule has 0 aromatic heterocycles. The fourth-order valence-electron chi connectivity index (χ4n) is 1.44. The first-order chi connectivity index (χ1) is 9.31. The number of halogens is 4. The van der Waals surface area contributed by atoms with Crippen LogP contribution in [0.25, 0.3) is 0 Å². The molecule has 6 nitrogen and oxygen atoms in total. The predicted molar refractivity (Wildman–Crippen MR) is 74.6 cm³/mol. The minimum atomic E-state index is -4.52. The summed E-state index contributed by atoms with van der Waals surface area (Å²) in [6, 6.07) is 4.04. The fourth-order valence-corrected chi connectivity index (χ4v) is 1.44. The van der Waals surface area contributed by atoms with Crippen molar-refractivity contribution < 1.29 is 18.0 Å². The molecule has 4 N–H and O–H groups in total. The number of benzene rings is 1. The molecule has 0 bridgehead atoms. The first-order valence-corrected chi connectivity index (χ1v) is 5.50. The maximum atomic E-state index is 12.6. The molecule has 1 aromatic rings. The van der Waals surface area contributed by atoms with Crippen LogP contribution >= 0.6 is 12.4 Å². The number of carbonyl (C=O) groups is 1. The van der Waals surface area contributed by atoms with E-state index in [9.17, 15) is 18.0 Å². The summed E-state index contributed by atoms with van der Waals surface area (Å²) < 4.78 is 37.8. The predicted octanol–water partition coefficient (Wildman–Crippen LogP) is 1.15. The molecule has 0 aliphatic heterocycles. The third-order valence-corrected chi connectivity index (χ3v) is 2.32. The van der Waals surface area contributed by atoms with E-state index >= 15 is 0 Å². The van der Waals surface area contributed by atoms with Gasteiger partial charge in [0.2, 0.25) is 5.96 Å². The number of alkyl halides is 3. The van der Waals surface area contributed by atoms with Crippen molar-refractivity contribution in [1.29, 1.82) is 0 Å². The first-order valence-electron chi connectivity index (χ1n) is 5.50. The zero-order chi connectivity index (χ0) is 15.3. The molecule has 0 heterocycles. The van der Waals surface area contributed by atoms with Crippen LogP contribution in [-0.4, -0.2) is 31.0 Å². The highest BCUT2D eigenvalue weighted by molar-refractivity contribution is 6.04. The summed E-state index contributed by atoms with van der Waals surface area (Å²) in [5.41, 5.74) is 9.26. The van der Waals surface area contributed by atoms with Crippen molar-refractivity contribution >= 4 is 24.3 Å². The van der Waals surface area contributed by atoms with Gasteiger partial charge in [-0.05, 0) is 18.2 Å². The molecule has 0 radical (unpaired) electrons. The highest BCUT2D eigenvalue weighted by Crippen LogP contribution is 2.29. The molecule has 0 aliphatic carbocycles.